The van der Waals surface area contributed by atoms with Gasteiger partial charge in [0.1, 0.15) is 5.76 Å². The molecular formula is C19H31N5O3. The highest BCUT2D eigenvalue weighted by molar-refractivity contribution is 5.92. The summed E-state index contributed by atoms with van der Waals surface area (Å²) in [6.07, 6.45) is 6.83. The van der Waals surface area contributed by atoms with Gasteiger partial charge in [0.05, 0.1) is 0 Å². The molecule has 0 aromatic carbocycles. The fourth-order valence-electron chi connectivity index (χ4n) is 3.79. The van der Waals surface area contributed by atoms with Gasteiger partial charge in [-0.3, -0.25) is 9.59 Å². The van der Waals surface area contributed by atoms with E-state index in [0.717, 1.165) is 50.7 Å². The van der Waals surface area contributed by atoms with Gasteiger partial charge in [0, 0.05) is 43.6 Å². The molecule has 0 saturated heterocycles. The van der Waals surface area contributed by atoms with Gasteiger partial charge in [0.15, 0.2) is 5.69 Å². The van der Waals surface area contributed by atoms with E-state index in [0.29, 0.717) is 37.7 Å². The topological polar surface area (TPSA) is 127 Å². The summed E-state index contributed by atoms with van der Waals surface area (Å²) < 4.78 is 5.26. The van der Waals surface area contributed by atoms with E-state index in [1.165, 1.54) is 0 Å². The van der Waals surface area contributed by atoms with Crippen molar-refractivity contribution in [2.45, 2.75) is 69.4 Å². The first-order valence-corrected chi connectivity index (χ1v) is 10.1. The second-order valence-electron chi connectivity index (χ2n) is 7.64. The van der Waals surface area contributed by atoms with Crippen molar-refractivity contribution in [2.24, 2.45) is 11.5 Å². The maximum absolute atomic E-state index is 12.4. The number of nitrogens with two attached hydrogens (primary N) is 2. The van der Waals surface area contributed by atoms with Gasteiger partial charge < -0.3 is 26.2 Å². The Morgan fingerprint density at radius 3 is 2.52 bits per heavy atom. The molecule has 5 N–H and O–H groups in total. The number of carbonyl (C=O) groups excluding carboxylic acids is 2. The fourth-order valence-corrected chi connectivity index (χ4v) is 3.79. The van der Waals surface area contributed by atoms with Crippen LogP contribution in [0.15, 0.2) is 10.6 Å². The number of nitrogens with one attached hydrogen (secondary N) is 1. The lowest BCUT2D eigenvalue weighted by atomic mass is 9.89. The second kappa shape index (κ2) is 9.32. The molecule has 0 radical (unpaired) electrons. The lowest BCUT2D eigenvalue weighted by molar-refractivity contribution is -0.134. The Hall–Kier alpha value is -1.93. The van der Waals surface area contributed by atoms with Crippen molar-refractivity contribution in [3.63, 3.8) is 0 Å². The SMILES string of the molecule is NCCCN(C(=O)CCN)[C@H]1CC[C@H](NC(=O)c2cc(C3CC3)on2)CC1. The van der Waals surface area contributed by atoms with Crippen LogP contribution in [0.3, 0.4) is 0 Å². The molecule has 1 aromatic heterocycles. The quantitative estimate of drug-likeness (QED) is 0.592. The van der Waals surface area contributed by atoms with Crippen molar-refractivity contribution < 1.29 is 14.1 Å². The van der Waals surface area contributed by atoms with Crippen LogP contribution >= 0.6 is 0 Å². The highest BCUT2D eigenvalue weighted by atomic mass is 16.5. The van der Waals surface area contributed by atoms with E-state index in [1.807, 2.05) is 4.90 Å². The Bertz CT molecular complexity index is 635. The Balaban J connectivity index is 1.49. The first-order chi connectivity index (χ1) is 13.1. The number of nitrogens with zero attached hydrogens (tertiary/aromatic N) is 2. The lowest BCUT2D eigenvalue weighted by Gasteiger charge is -2.37. The minimum absolute atomic E-state index is 0.105. The molecule has 1 heterocycles. The van der Waals surface area contributed by atoms with Gasteiger partial charge in [-0.1, -0.05) is 5.16 Å². The van der Waals surface area contributed by atoms with Crippen molar-refractivity contribution in [1.29, 1.82) is 0 Å². The third kappa shape index (κ3) is 5.29. The molecule has 0 bridgehead atoms. The molecule has 150 valence electrons. The van der Waals surface area contributed by atoms with Gasteiger partial charge in [-0.25, -0.2) is 0 Å². The summed E-state index contributed by atoms with van der Waals surface area (Å²) in [5, 5.41) is 6.96. The summed E-state index contributed by atoms with van der Waals surface area (Å²) in [6, 6.07) is 2.08. The molecule has 27 heavy (non-hydrogen) atoms. The first kappa shape index (κ1) is 19.8. The van der Waals surface area contributed by atoms with Gasteiger partial charge in [-0.05, 0) is 51.5 Å². The van der Waals surface area contributed by atoms with E-state index in [1.54, 1.807) is 6.07 Å². The molecule has 2 aliphatic rings. The molecule has 2 saturated carbocycles. The first-order valence-electron chi connectivity index (χ1n) is 10.1. The highest BCUT2D eigenvalue weighted by Crippen LogP contribution is 2.40. The summed E-state index contributed by atoms with van der Waals surface area (Å²) in [4.78, 5) is 26.7. The molecule has 0 unspecified atom stereocenters. The van der Waals surface area contributed by atoms with Crippen LogP contribution in [0.25, 0.3) is 0 Å². The van der Waals surface area contributed by atoms with E-state index in [2.05, 4.69) is 10.5 Å². The zero-order valence-electron chi connectivity index (χ0n) is 15.9. The zero-order chi connectivity index (χ0) is 19.2. The normalized spacial score (nSPS) is 22.4. The maximum atomic E-state index is 12.4. The van der Waals surface area contributed by atoms with Gasteiger partial charge in [0.2, 0.25) is 5.91 Å². The van der Waals surface area contributed by atoms with E-state index < -0.39 is 0 Å². The van der Waals surface area contributed by atoms with Crippen molar-refractivity contribution >= 4 is 11.8 Å². The number of carbonyl (C=O) groups is 2. The zero-order valence-corrected chi connectivity index (χ0v) is 15.9. The van der Waals surface area contributed by atoms with Crippen LogP contribution in [0.4, 0.5) is 0 Å². The smallest absolute Gasteiger partial charge is 0.273 e. The number of aromatic nitrogens is 1. The van der Waals surface area contributed by atoms with Crippen LogP contribution < -0.4 is 16.8 Å². The lowest BCUT2D eigenvalue weighted by Crippen LogP contribution is -2.47. The van der Waals surface area contributed by atoms with Gasteiger partial charge in [0.25, 0.3) is 5.91 Å². The molecule has 0 aliphatic heterocycles. The maximum Gasteiger partial charge on any atom is 0.273 e. The summed E-state index contributed by atoms with van der Waals surface area (Å²) in [7, 11) is 0. The molecule has 8 heteroatoms. The number of rotatable bonds is 9. The Morgan fingerprint density at radius 2 is 1.89 bits per heavy atom. The van der Waals surface area contributed by atoms with E-state index in [4.69, 9.17) is 16.0 Å². The molecular weight excluding hydrogens is 346 g/mol. The molecule has 2 fully saturated rings. The summed E-state index contributed by atoms with van der Waals surface area (Å²) in [5.41, 5.74) is 11.5. The van der Waals surface area contributed by atoms with E-state index in [-0.39, 0.29) is 23.9 Å². The Morgan fingerprint density at radius 1 is 1.15 bits per heavy atom. The standard InChI is InChI=1S/C19H31N5O3/c20-9-1-11-24(18(25)8-10-21)15-6-4-14(5-7-15)22-19(26)16-12-17(27-23-16)13-2-3-13/h12-15H,1-11,20-21H2,(H,22,26)/t14-,15-. The molecule has 0 spiro atoms. The van der Waals surface area contributed by atoms with Gasteiger partial charge in [-0.15, -0.1) is 0 Å². The third-order valence-corrected chi connectivity index (χ3v) is 5.50. The Labute approximate surface area is 160 Å². The average molecular weight is 377 g/mol. The second-order valence-corrected chi connectivity index (χ2v) is 7.64. The molecule has 2 aliphatic carbocycles. The Kier molecular flexibility index (Phi) is 6.84. The van der Waals surface area contributed by atoms with Crippen molar-refractivity contribution in [1.82, 2.24) is 15.4 Å². The fraction of sp³-hybridized carbons (Fsp3) is 0.737. The van der Waals surface area contributed by atoms with Crippen molar-refractivity contribution in [3.8, 4) is 0 Å². The molecule has 3 rings (SSSR count). The minimum Gasteiger partial charge on any atom is -0.360 e. The number of hydrogen-bond donors (Lipinski definition) is 3. The molecule has 1 aromatic rings. The largest absolute Gasteiger partial charge is 0.360 e. The summed E-state index contributed by atoms with van der Waals surface area (Å²) >= 11 is 0. The van der Waals surface area contributed by atoms with Crippen LogP contribution in [0, 0.1) is 0 Å². The highest BCUT2D eigenvalue weighted by Gasteiger charge is 2.31. The number of amides is 2. The van der Waals surface area contributed by atoms with Crippen molar-refractivity contribution in [2.75, 3.05) is 19.6 Å². The molecule has 8 nitrogen and oxygen atoms in total. The van der Waals surface area contributed by atoms with E-state index >= 15 is 0 Å². The van der Waals surface area contributed by atoms with Crippen molar-refractivity contribution in [3.05, 3.63) is 17.5 Å². The van der Waals surface area contributed by atoms with Gasteiger partial charge in [-0.2, -0.15) is 0 Å². The number of hydrogen-bond acceptors (Lipinski definition) is 6. The summed E-state index contributed by atoms with van der Waals surface area (Å²) in [5.74, 6) is 1.19. The average Bonchev–Trinajstić information content (AvgIpc) is 3.40. The minimum atomic E-state index is -0.173. The predicted molar refractivity (Wildman–Crippen MR) is 101 cm³/mol. The van der Waals surface area contributed by atoms with Crippen LogP contribution in [0.1, 0.15) is 73.5 Å². The molecule has 0 atom stereocenters. The van der Waals surface area contributed by atoms with Crippen LogP contribution in [-0.2, 0) is 4.79 Å². The van der Waals surface area contributed by atoms with Crippen LogP contribution in [0.2, 0.25) is 0 Å². The van der Waals surface area contributed by atoms with Crippen LogP contribution in [-0.4, -0.2) is 53.6 Å². The predicted octanol–water partition coefficient (Wildman–Crippen LogP) is 1.12. The monoisotopic (exact) mass is 377 g/mol. The summed E-state index contributed by atoms with van der Waals surface area (Å²) in [6.45, 7) is 1.61. The molecule has 2 amide bonds. The van der Waals surface area contributed by atoms with E-state index in [9.17, 15) is 9.59 Å². The van der Waals surface area contributed by atoms with Gasteiger partial charge >= 0.3 is 0 Å². The van der Waals surface area contributed by atoms with Crippen LogP contribution in [0.5, 0.6) is 0 Å². The third-order valence-electron chi connectivity index (χ3n) is 5.50.